The largest absolute Gasteiger partial charge is 0.401 e. The van der Waals surface area contributed by atoms with Gasteiger partial charge in [-0.3, -0.25) is 0 Å². The Hall–Kier alpha value is -0.700. The Labute approximate surface area is 93.5 Å². The molecular formula is C12H25N3. The zero-order valence-corrected chi connectivity index (χ0v) is 10.1. The average Bonchev–Trinajstić information content (AvgIpc) is 2.10. The fourth-order valence-electron chi connectivity index (χ4n) is 2.30. The molecule has 0 heterocycles. The van der Waals surface area contributed by atoms with Crippen molar-refractivity contribution in [3.8, 4) is 0 Å². The zero-order valence-electron chi connectivity index (χ0n) is 10.1. The molecule has 0 aromatic carbocycles. The van der Waals surface area contributed by atoms with Crippen LogP contribution in [0.25, 0.3) is 0 Å². The quantitative estimate of drug-likeness (QED) is 0.545. The predicted molar refractivity (Wildman–Crippen MR) is 64.7 cm³/mol. The van der Waals surface area contributed by atoms with Gasteiger partial charge in [0, 0.05) is 11.9 Å². The summed E-state index contributed by atoms with van der Waals surface area (Å²) in [6, 6.07) is 0. The fourth-order valence-corrected chi connectivity index (χ4v) is 2.30. The minimum Gasteiger partial charge on any atom is -0.401 e. The van der Waals surface area contributed by atoms with Crippen molar-refractivity contribution in [2.75, 3.05) is 0 Å². The molecule has 3 nitrogen and oxygen atoms in total. The van der Waals surface area contributed by atoms with E-state index in [1.54, 1.807) is 0 Å². The number of hydrazine groups is 1. The lowest BCUT2D eigenvalue weighted by molar-refractivity contribution is 0.127. The van der Waals surface area contributed by atoms with Gasteiger partial charge in [0.1, 0.15) is 0 Å². The van der Waals surface area contributed by atoms with Crippen LogP contribution in [0.4, 0.5) is 0 Å². The van der Waals surface area contributed by atoms with E-state index in [0.29, 0.717) is 0 Å². The molecule has 0 aliphatic heterocycles. The lowest BCUT2D eigenvalue weighted by Gasteiger charge is -2.39. The lowest BCUT2D eigenvalue weighted by Crippen LogP contribution is -2.48. The molecule has 1 saturated carbocycles. The first-order chi connectivity index (χ1) is 7.04. The summed E-state index contributed by atoms with van der Waals surface area (Å²) in [5, 5.41) is 1.83. The van der Waals surface area contributed by atoms with Crippen molar-refractivity contribution >= 4 is 0 Å². The van der Waals surface area contributed by atoms with Gasteiger partial charge in [-0.25, -0.2) is 5.84 Å². The van der Waals surface area contributed by atoms with E-state index in [0.717, 1.165) is 5.70 Å². The van der Waals surface area contributed by atoms with Crippen LogP contribution >= 0.6 is 0 Å². The van der Waals surface area contributed by atoms with Crippen LogP contribution in [0.5, 0.6) is 0 Å². The van der Waals surface area contributed by atoms with Gasteiger partial charge >= 0.3 is 0 Å². The molecule has 3 heteroatoms. The normalized spacial score (nSPS) is 23.0. The molecule has 1 aliphatic rings. The topological polar surface area (TPSA) is 55.3 Å². The van der Waals surface area contributed by atoms with Gasteiger partial charge in [0.25, 0.3) is 0 Å². The van der Waals surface area contributed by atoms with Gasteiger partial charge in [0.2, 0.25) is 0 Å². The summed E-state index contributed by atoms with van der Waals surface area (Å²) in [5.74, 6) is 6.08. The SMILES string of the molecule is C/C(N)=C/N(N)C1(C)CCCCCCC1. The standard InChI is InChI=1S/C12H25N3/c1-11(13)10-15(14)12(2)8-6-4-3-5-7-9-12/h10H,3-9,13-14H2,1-2H3/b11-10-. The highest BCUT2D eigenvalue weighted by Gasteiger charge is 2.28. The first-order valence-corrected chi connectivity index (χ1v) is 6.02. The van der Waals surface area contributed by atoms with Crippen molar-refractivity contribution in [2.45, 2.75) is 64.3 Å². The Morgan fingerprint density at radius 2 is 1.60 bits per heavy atom. The van der Waals surface area contributed by atoms with E-state index < -0.39 is 0 Å². The Bertz CT molecular complexity index is 211. The van der Waals surface area contributed by atoms with Gasteiger partial charge in [-0.2, -0.15) is 0 Å². The van der Waals surface area contributed by atoms with Gasteiger partial charge in [-0.05, 0) is 26.7 Å². The van der Waals surface area contributed by atoms with Gasteiger partial charge in [-0.1, -0.05) is 32.1 Å². The summed E-state index contributed by atoms with van der Waals surface area (Å²) >= 11 is 0. The molecule has 0 saturated heterocycles. The van der Waals surface area contributed by atoms with Crippen molar-refractivity contribution in [1.82, 2.24) is 5.01 Å². The van der Waals surface area contributed by atoms with Crippen molar-refractivity contribution in [1.29, 1.82) is 0 Å². The van der Waals surface area contributed by atoms with Crippen LogP contribution in [-0.2, 0) is 0 Å². The van der Waals surface area contributed by atoms with E-state index in [2.05, 4.69) is 6.92 Å². The fraction of sp³-hybridized carbons (Fsp3) is 0.833. The molecule has 0 radical (unpaired) electrons. The number of nitrogens with two attached hydrogens (primary N) is 2. The van der Waals surface area contributed by atoms with E-state index in [9.17, 15) is 0 Å². The van der Waals surface area contributed by atoms with Crippen LogP contribution < -0.4 is 11.6 Å². The average molecular weight is 211 g/mol. The highest BCUT2D eigenvalue weighted by atomic mass is 15.4. The maximum absolute atomic E-state index is 6.08. The van der Waals surface area contributed by atoms with Crippen LogP contribution in [0.1, 0.15) is 58.8 Å². The Kier molecular flexibility index (Phi) is 4.45. The van der Waals surface area contributed by atoms with E-state index in [1.807, 2.05) is 18.1 Å². The molecule has 0 spiro atoms. The second-order valence-electron chi connectivity index (χ2n) is 5.05. The van der Waals surface area contributed by atoms with Crippen molar-refractivity contribution < 1.29 is 0 Å². The second kappa shape index (κ2) is 5.40. The number of nitrogens with zero attached hydrogens (tertiary/aromatic N) is 1. The van der Waals surface area contributed by atoms with E-state index in [4.69, 9.17) is 11.6 Å². The molecule has 1 rings (SSSR count). The predicted octanol–water partition coefficient (Wildman–Crippen LogP) is 2.49. The van der Waals surface area contributed by atoms with Gasteiger partial charge < -0.3 is 10.7 Å². The summed E-state index contributed by atoms with van der Waals surface area (Å²) in [6.45, 7) is 4.13. The Morgan fingerprint density at radius 1 is 1.13 bits per heavy atom. The molecular weight excluding hydrogens is 186 g/mol. The molecule has 0 aromatic heterocycles. The minimum atomic E-state index is 0.0983. The number of allylic oxidation sites excluding steroid dienone is 1. The van der Waals surface area contributed by atoms with Gasteiger partial charge in [0.15, 0.2) is 0 Å². The minimum absolute atomic E-state index is 0.0983. The number of hydrogen-bond donors (Lipinski definition) is 2. The molecule has 15 heavy (non-hydrogen) atoms. The lowest BCUT2D eigenvalue weighted by atomic mass is 9.85. The van der Waals surface area contributed by atoms with E-state index in [-0.39, 0.29) is 5.54 Å². The summed E-state index contributed by atoms with van der Waals surface area (Å²) in [7, 11) is 0. The van der Waals surface area contributed by atoms with Crippen molar-refractivity contribution in [2.24, 2.45) is 11.6 Å². The smallest absolute Gasteiger partial charge is 0.0527 e. The van der Waals surface area contributed by atoms with Crippen LogP contribution in [0.2, 0.25) is 0 Å². The molecule has 0 unspecified atom stereocenters. The number of rotatable bonds is 2. The van der Waals surface area contributed by atoms with Crippen LogP contribution in [0.15, 0.2) is 11.9 Å². The molecule has 0 bridgehead atoms. The molecule has 0 amide bonds. The van der Waals surface area contributed by atoms with Crippen LogP contribution in [-0.4, -0.2) is 10.5 Å². The van der Waals surface area contributed by atoms with Gasteiger partial charge in [-0.15, -0.1) is 0 Å². The molecule has 88 valence electrons. The first kappa shape index (κ1) is 12.4. The Morgan fingerprint density at radius 3 is 2.07 bits per heavy atom. The third kappa shape index (κ3) is 3.74. The maximum Gasteiger partial charge on any atom is 0.0527 e. The van der Waals surface area contributed by atoms with Gasteiger partial charge in [0.05, 0.1) is 5.54 Å². The maximum atomic E-state index is 6.08. The van der Waals surface area contributed by atoms with Crippen molar-refractivity contribution in [3.05, 3.63) is 11.9 Å². The summed E-state index contributed by atoms with van der Waals surface area (Å²) < 4.78 is 0. The van der Waals surface area contributed by atoms with E-state index in [1.165, 1.54) is 44.9 Å². The molecule has 0 aromatic rings. The third-order valence-electron chi connectivity index (χ3n) is 3.40. The monoisotopic (exact) mass is 211 g/mol. The molecule has 1 fully saturated rings. The Balaban J connectivity index is 2.64. The highest BCUT2D eigenvalue weighted by molar-refractivity contribution is 4.96. The summed E-state index contributed by atoms with van der Waals surface area (Å²) in [6.07, 6.45) is 10.8. The first-order valence-electron chi connectivity index (χ1n) is 6.02. The van der Waals surface area contributed by atoms with Crippen molar-refractivity contribution in [3.63, 3.8) is 0 Å². The third-order valence-corrected chi connectivity index (χ3v) is 3.40. The second-order valence-corrected chi connectivity index (χ2v) is 5.05. The van der Waals surface area contributed by atoms with Crippen LogP contribution in [0, 0.1) is 0 Å². The molecule has 1 aliphatic carbocycles. The molecule has 4 N–H and O–H groups in total. The summed E-state index contributed by atoms with van der Waals surface area (Å²) in [5.41, 5.74) is 6.55. The zero-order chi connectivity index (χ0) is 11.3. The summed E-state index contributed by atoms with van der Waals surface area (Å²) in [4.78, 5) is 0. The number of hydrogen-bond acceptors (Lipinski definition) is 3. The molecule has 0 atom stereocenters. The van der Waals surface area contributed by atoms with Crippen LogP contribution in [0.3, 0.4) is 0 Å². The highest BCUT2D eigenvalue weighted by Crippen LogP contribution is 2.29. The van der Waals surface area contributed by atoms with E-state index >= 15 is 0 Å².